The third-order valence-corrected chi connectivity index (χ3v) is 7.35. The fourth-order valence-corrected chi connectivity index (χ4v) is 6.49. The summed E-state index contributed by atoms with van der Waals surface area (Å²) in [5, 5.41) is 0. The van der Waals surface area contributed by atoms with E-state index in [-0.39, 0.29) is 5.66 Å². The minimum Gasteiger partial charge on any atom is -0.344 e. The zero-order valence-electron chi connectivity index (χ0n) is 19.8. The first-order valence-corrected chi connectivity index (χ1v) is 11.6. The van der Waals surface area contributed by atoms with Gasteiger partial charge in [0.25, 0.3) is 0 Å². The van der Waals surface area contributed by atoms with Gasteiger partial charge in [-0.2, -0.15) is 0 Å². The van der Waals surface area contributed by atoms with E-state index in [1.165, 1.54) is 62.3 Å². The minimum absolute atomic E-state index is 0.107. The van der Waals surface area contributed by atoms with E-state index in [0.29, 0.717) is 0 Å². The van der Waals surface area contributed by atoms with E-state index in [1.807, 2.05) is 0 Å². The highest BCUT2D eigenvalue weighted by molar-refractivity contribution is 5.72. The van der Waals surface area contributed by atoms with Crippen LogP contribution in [-0.4, -0.2) is 13.1 Å². The van der Waals surface area contributed by atoms with Gasteiger partial charge in [0.05, 0.1) is 0 Å². The molecule has 2 aliphatic rings. The summed E-state index contributed by atoms with van der Waals surface area (Å²) in [5.74, 6) is 0. The zero-order chi connectivity index (χ0) is 21.9. The van der Waals surface area contributed by atoms with Gasteiger partial charge in [-0.1, -0.05) is 59.7 Å². The van der Waals surface area contributed by atoms with Crippen molar-refractivity contribution in [2.24, 2.45) is 0 Å². The lowest BCUT2D eigenvalue weighted by molar-refractivity contribution is 0.291. The number of nitrogens with zero attached hydrogens (tertiary/aromatic N) is 2. The Balaban J connectivity index is 1.75. The van der Waals surface area contributed by atoms with Crippen LogP contribution in [0.4, 0.5) is 11.4 Å². The average Bonchev–Trinajstić information content (AvgIpc) is 2.66. The summed E-state index contributed by atoms with van der Waals surface area (Å²) in [6.07, 6.45) is 2.24. The van der Waals surface area contributed by atoms with Crippen molar-refractivity contribution in [1.82, 2.24) is 0 Å². The smallest absolute Gasteiger partial charge is 0.144 e. The van der Waals surface area contributed by atoms with Crippen LogP contribution < -0.4 is 9.80 Å². The van der Waals surface area contributed by atoms with Gasteiger partial charge in [0.2, 0.25) is 0 Å². The number of anilines is 2. The molecule has 1 spiro atoms. The van der Waals surface area contributed by atoms with Crippen LogP contribution in [0, 0.1) is 41.5 Å². The summed E-state index contributed by atoms with van der Waals surface area (Å²) in [5.41, 5.74) is 14.0. The SMILES string of the molecule is Cc1cc(C)c(N2CCCN(c3c(C)cc(C)cc3C)C23Cc2ccccc23)c(C)c1. The predicted octanol–water partition coefficient (Wildman–Crippen LogP) is 6.66. The van der Waals surface area contributed by atoms with Crippen molar-refractivity contribution in [1.29, 1.82) is 0 Å². The van der Waals surface area contributed by atoms with Crippen molar-refractivity contribution in [3.63, 3.8) is 0 Å². The van der Waals surface area contributed by atoms with Crippen LogP contribution in [0.5, 0.6) is 0 Å². The molecule has 0 radical (unpaired) electrons. The lowest BCUT2D eigenvalue weighted by atomic mass is 9.72. The number of fused-ring (bicyclic) bond motifs is 2. The van der Waals surface area contributed by atoms with Crippen molar-refractivity contribution in [3.05, 3.63) is 93.0 Å². The number of hydrogen-bond donors (Lipinski definition) is 0. The highest BCUT2D eigenvalue weighted by atomic mass is 15.4. The summed E-state index contributed by atoms with van der Waals surface area (Å²) >= 11 is 0. The summed E-state index contributed by atoms with van der Waals surface area (Å²) in [4.78, 5) is 5.48. The topological polar surface area (TPSA) is 6.48 Å². The normalized spacial score (nSPS) is 17.0. The summed E-state index contributed by atoms with van der Waals surface area (Å²) in [7, 11) is 0. The molecule has 1 heterocycles. The van der Waals surface area contributed by atoms with Crippen molar-refractivity contribution < 1.29 is 0 Å². The number of aryl methyl sites for hydroxylation is 6. The van der Waals surface area contributed by atoms with E-state index in [0.717, 1.165) is 19.5 Å². The van der Waals surface area contributed by atoms with Crippen LogP contribution in [0.1, 0.15) is 50.9 Å². The van der Waals surface area contributed by atoms with Gasteiger partial charge in [0.1, 0.15) is 5.66 Å². The first kappa shape index (κ1) is 20.2. The van der Waals surface area contributed by atoms with E-state index in [1.54, 1.807) is 0 Å². The lowest BCUT2D eigenvalue weighted by Gasteiger charge is -2.62. The maximum Gasteiger partial charge on any atom is 0.144 e. The van der Waals surface area contributed by atoms with Gasteiger partial charge in [0.15, 0.2) is 0 Å². The molecular weight excluding hydrogens is 376 g/mol. The van der Waals surface area contributed by atoms with Crippen LogP contribution in [0.2, 0.25) is 0 Å². The fourth-order valence-electron chi connectivity index (χ4n) is 6.49. The molecule has 2 heteroatoms. The lowest BCUT2D eigenvalue weighted by Crippen LogP contribution is -2.68. The van der Waals surface area contributed by atoms with E-state index < -0.39 is 0 Å². The van der Waals surface area contributed by atoms with Crippen LogP contribution >= 0.6 is 0 Å². The molecule has 0 amide bonds. The van der Waals surface area contributed by atoms with Gasteiger partial charge in [-0.3, -0.25) is 0 Å². The largest absolute Gasteiger partial charge is 0.344 e. The molecule has 0 N–H and O–H groups in total. The van der Waals surface area contributed by atoms with Crippen molar-refractivity contribution in [2.45, 2.75) is 60.0 Å². The molecule has 0 unspecified atom stereocenters. The molecule has 1 fully saturated rings. The first-order chi connectivity index (χ1) is 14.8. The molecule has 2 nitrogen and oxygen atoms in total. The Hall–Kier alpha value is -2.74. The maximum atomic E-state index is 2.74. The molecular formula is C29H34N2. The molecule has 31 heavy (non-hydrogen) atoms. The number of hydrogen-bond acceptors (Lipinski definition) is 2. The van der Waals surface area contributed by atoms with Crippen molar-refractivity contribution in [3.8, 4) is 0 Å². The Bertz CT molecular complexity index is 1060. The van der Waals surface area contributed by atoms with E-state index in [2.05, 4.69) is 99.9 Å². The zero-order valence-corrected chi connectivity index (χ0v) is 19.8. The van der Waals surface area contributed by atoms with Gasteiger partial charge in [-0.05, 0) is 75.8 Å². The Morgan fingerprint density at radius 1 is 0.645 bits per heavy atom. The monoisotopic (exact) mass is 410 g/mol. The molecule has 5 rings (SSSR count). The van der Waals surface area contributed by atoms with Crippen LogP contribution in [0.3, 0.4) is 0 Å². The van der Waals surface area contributed by atoms with Gasteiger partial charge in [-0.15, -0.1) is 0 Å². The molecule has 0 atom stereocenters. The molecule has 1 aliphatic heterocycles. The van der Waals surface area contributed by atoms with Crippen molar-refractivity contribution in [2.75, 3.05) is 22.9 Å². The quantitative estimate of drug-likeness (QED) is 0.466. The Morgan fingerprint density at radius 2 is 1.10 bits per heavy atom. The average molecular weight is 411 g/mol. The Morgan fingerprint density at radius 3 is 1.55 bits per heavy atom. The van der Waals surface area contributed by atoms with Gasteiger partial charge < -0.3 is 9.80 Å². The standard InChI is InChI=1S/C29H34N2/c1-19-14-21(3)27(22(4)15-19)30-12-9-13-31(28-23(5)16-20(2)17-24(28)6)29(30)18-25-10-7-8-11-26(25)29/h7-8,10-11,14-17H,9,12-13,18H2,1-6H3. The molecule has 1 aliphatic carbocycles. The van der Waals surface area contributed by atoms with E-state index in [9.17, 15) is 0 Å². The maximum absolute atomic E-state index is 2.74. The molecule has 3 aromatic rings. The third-order valence-electron chi connectivity index (χ3n) is 7.35. The second-order valence-electron chi connectivity index (χ2n) is 9.80. The molecule has 0 saturated carbocycles. The fraction of sp³-hybridized carbons (Fsp3) is 0.379. The summed E-state index contributed by atoms with van der Waals surface area (Å²) in [6.45, 7) is 15.8. The second-order valence-corrected chi connectivity index (χ2v) is 9.80. The number of rotatable bonds is 2. The molecule has 0 bridgehead atoms. The van der Waals surface area contributed by atoms with E-state index in [4.69, 9.17) is 0 Å². The van der Waals surface area contributed by atoms with Gasteiger partial charge >= 0.3 is 0 Å². The van der Waals surface area contributed by atoms with Crippen LogP contribution in [-0.2, 0) is 12.1 Å². The van der Waals surface area contributed by atoms with Gasteiger partial charge in [0, 0.05) is 36.4 Å². The first-order valence-electron chi connectivity index (χ1n) is 11.6. The number of benzene rings is 3. The predicted molar refractivity (Wildman–Crippen MR) is 132 cm³/mol. The van der Waals surface area contributed by atoms with E-state index >= 15 is 0 Å². The van der Waals surface area contributed by atoms with Crippen LogP contribution in [0.25, 0.3) is 0 Å². The third kappa shape index (κ3) is 2.91. The van der Waals surface area contributed by atoms with Crippen LogP contribution in [0.15, 0.2) is 48.5 Å². The molecule has 160 valence electrons. The Kier molecular flexibility index (Phi) is 4.66. The molecule has 0 aromatic heterocycles. The summed E-state index contributed by atoms with van der Waals surface area (Å²) < 4.78 is 0. The highest BCUT2D eigenvalue weighted by Crippen LogP contribution is 2.53. The molecule has 3 aromatic carbocycles. The second kappa shape index (κ2) is 7.15. The van der Waals surface area contributed by atoms with Gasteiger partial charge in [-0.25, -0.2) is 0 Å². The Labute approximate surface area is 187 Å². The highest BCUT2D eigenvalue weighted by Gasteiger charge is 2.54. The minimum atomic E-state index is -0.107. The molecule has 1 saturated heterocycles. The van der Waals surface area contributed by atoms with Crippen molar-refractivity contribution >= 4 is 11.4 Å². The summed E-state index contributed by atoms with van der Waals surface area (Å²) in [6, 6.07) is 18.5.